The summed E-state index contributed by atoms with van der Waals surface area (Å²) in [6.45, 7) is 8.31. The first-order chi connectivity index (χ1) is 13.8. The second-order valence-corrected chi connectivity index (χ2v) is 7.60. The molecule has 6 nitrogen and oxygen atoms in total. The van der Waals surface area contributed by atoms with Gasteiger partial charge in [-0.2, -0.15) is 0 Å². The van der Waals surface area contributed by atoms with Crippen LogP contribution in [0, 0.1) is 13.8 Å². The maximum Gasteiger partial charge on any atom is 0.262 e. The molecule has 7 heteroatoms. The highest BCUT2D eigenvalue weighted by atomic mass is 35.5. The normalized spacial score (nSPS) is 13.9. The number of hydrogen-bond donors (Lipinski definition) is 1. The third-order valence-electron chi connectivity index (χ3n) is 5.21. The Labute approximate surface area is 176 Å². The van der Waals surface area contributed by atoms with Gasteiger partial charge < -0.3 is 19.9 Å². The van der Waals surface area contributed by atoms with Crippen LogP contribution in [0.15, 0.2) is 36.4 Å². The molecule has 0 bridgehead atoms. The van der Waals surface area contributed by atoms with Gasteiger partial charge in [0.15, 0.2) is 6.61 Å². The van der Waals surface area contributed by atoms with Gasteiger partial charge >= 0.3 is 0 Å². The smallest absolute Gasteiger partial charge is 0.262 e. The maximum absolute atomic E-state index is 12.3. The zero-order chi connectivity index (χ0) is 21.0. The molecule has 2 amide bonds. The van der Waals surface area contributed by atoms with Crippen LogP contribution in [0.4, 0.5) is 11.4 Å². The third-order valence-corrected chi connectivity index (χ3v) is 5.51. The molecule has 1 fully saturated rings. The van der Waals surface area contributed by atoms with Gasteiger partial charge in [0, 0.05) is 38.8 Å². The molecule has 3 rings (SSSR count). The van der Waals surface area contributed by atoms with Gasteiger partial charge in [-0.15, -0.1) is 0 Å². The van der Waals surface area contributed by atoms with E-state index in [1.54, 1.807) is 13.0 Å². The number of rotatable bonds is 5. The van der Waals surface area contributed by atoms with Gasteiger partial charge in [0.1, 0.15) is 5.75 Å². The number of hydrogen-bond acceptors (Lipinski definition) is 4. The molecule has 1 saturated heterocycles. The summed E-state index contributed by atoms with van der Waals surface area (Å²) in [5.41, 5.74) is 3.67. The Kier molecular flexibility index (Phi) is 6.64. The minimum absolute atomic E-state index is 0.0727. The fourth-order valence-corrected chi connectivity index (χ4v) is 3.62. The van der Waals surface area contributed by atoms with Crippen molar-refractivity contribution >= 4 is 34.8 Å². The van der Waals surface area contributed by atoms with Crippen LogP contribution in [0.2, 0.25) is 5.02 Å². The second-order valence-electron chi connectivity index (χ2n) is 7.19. The van der Waals surface area contributed by atoms with Crippen molar-refractivity contribution in [3.63, 3.8) is 0 Å². The van der Waals surface area contributed by atoms with Gasteiger partial charge in [0.2, 0.25) is 5.91 Å². The first kappa shape index (κ1) is 21.0. The van der Waals surface area contributed by atoms with Crippen LogP contribution in [0.3, 0.4) is 0 Å². The van der Waals surface area contributed by atoms with E-state index in [9.17, 15) is 9.59 Å². The Hall–Kier alpha value is -2.73. The third kappa shape index (κ3) is 5.21. The van der Waals surface area contributed by atoms with Crippen molar-refractivity contribution < 1.29 is 14.3 Å². The lowest BCUT2D eigenvalue weighted by Crippen LogP contribution is -2.48. The number of ether oxygens (including phenoxy) is 1. The van der Waals surface area contributed by atoms with Crippen LogP contribution < -0.4 is 15.0 Å². The quantitative estimate of drug-likeness (QED) is 0.809. The molecule has 0 spiro atoms. The van der Waals surface area contributed by atoms with Crippen LogP contribution in [0.25, 0.3) is 0 Å². The van der Waals surface area contributed by atoms with Crippen molar-refractivity contribution in [2.45, 2.75) is 20.8 Å². The fraction of sp³-hybridized carbons (Fsp3) is 0.364. The molecule has 154 valence electrons. The Morgan fingerprint density at radius 2 is 1.83 bits per heavy atom. The van der Waals surface area contributed by atoms with Crippen molar-refractivity contribution in [3.05, 3.63) is 52.5 Å². The summed E-state index contributed by atoms with van der Waals surface area (Å²) >= 11 is 6.45. The Balaban J connectivity index is 1.57. The minimum atomic E-state index is -0.246. The molecule has 0 atom stereocenters. The molecule has 1 aliphatic heterocycles. The summed E-state index contributed by atoms with van der Waals surface area (Å²) < 4.78 is 5.64. The summed E-state index contributed by atoms with van der Waals surface area (Å²) in [5, 5.41) is 3.38. The van der Waals surface area contributed by atoms with E-state index in [-0.39, 0.29) is 18.4 Å². The summed E-state index contributed by atoms with van der Waals surface area (Å²) in [7, 11) is 0. The van der Waals surface area contributed by atoms with E-state index in [4.69, 9.17) is 16.3 Å². The van der Waals surface area contributed by atoms with Gasteiger partial charge in [-0.1, -0.05) is 23.7 Å². The van der Waals surface area contributed by atoms with E-state index in [0.29, 0.717) is 29.5 Å². The molecular formula is C22H26ClN3O3. The lowest BCUT2D eigenvalue weighted by atomic mass is 10.1. The molecule has 1 N–H and O–H groups in total. The highest BCUT2D eigenvalue weighted by Gasteiger charge is 2.20. The van der Waals surface area contributed by atoms with Crippen molar-refractivity contribution in [1.82, 2.24) is 4.90 Å². The van der Waals surface area contributed by atoms with Gasteiger partial charge in [0.05, 0.1) is 10.7 Å². The first-order valence-corrected chi connectivity index (χ1v) is 10.0. The minimum Gasteiger partial charge on any atom is -0.483 e. The molecule has 29 heavy (non-hydrogen) atoms. The standard InChI is InChI=1S/C22H26ClN3O3/c1-15-5-4-6-21(16(15)2)29-14-22(28)24-18-7-8-20(19(23)13-18)26-11-9-25(10-12-26)17(3)27/h4-8,13H,9-12,14H2,1-3H3,(H,24,28). The number of amides is 2. The topological polar surface area (TPSA) is 61.9 Å². The molecule has 0 saturated carbocycles. The van der Waals surface area contributed by atoms with E-state index in [1.165, 1.54) is 0 Å². The van der Waals surface area contributed by atoms with Crippen molar-refractivity contribution in [2.75, 3.05) is 43.0 Å². The molecule has 1 heterocycles. The molecule has 0 unspecified atom stereocenters. The molecule has 0 aromatic heterocycles. The number of aryl methyl sites for hydroxylation is 1. The number of piperazine rings is 1. The molecule has 1 aliphatic rings. The van der Waals surface area contributed by atoms with Crippen LogP contribution >= 0.6 is 11.6 Å². The first-order valence-electron chi connectivity index (χ1n) is 9.64. The lowest BCUT2D eigenvalue weighted by Gasteiger charge is -2.36. The monoisotopic (exact) mass is 415 g/mol. The second kappa shape index (κ2) is 9.18. The van der Waals surface area contributed by atoms with E-state index in [1.807, 2.05) is 49.1 Å². The van der Waals surface area contributed by atoms with E-state index in [2.05, 4.69) is 10.2 Å². The number of carbonyl (C=O) groups excluding carboxylic acids is 2. The Morgan fingerprint density at radius 3 is 2.48 bits per heavy atom. The fourth-order valence-electron chi connectivity index (χ4n) is 3.32. The number of benzene rings is 2. The summed E-state index contributed by atoms with van der Waals surface area (Å²) in [4.78, 5) is 27.7. The largest absolute Gasteiger partial charge is 0.483 e. The predicted molar refractivity (Wildman–Crippen MR) is 116 cm³/mol. The zero-order valence-electron chi connectivity index (χ0n) is 17.0. The number of nitrogens with zero attached hydrogens (tertiary/aromatic N) is 2. The Bertz CT molecular complexity index is 908. The van der Waals surface area contributed by atoms with Crippen LogP contribution in [0.5, 0.6) is 5.75 Å². The van der Waals surface area contributed by atoms with Crippen LogP contribution in [0.1, 0.15) is 18.1 Å². The predicted octanol–water partition coefficient (Wildman–Crippen LogP) is 3.64. The van der Waals surface area contributed by atoms with Gasteiger partial charge in [-0.05, 0) is 49.2 Å². The molecule has 0 aliphatic carbocycles. The number of halogens is 1. The summed E-state index contributed by atoms with van der Waals surface area (Å²) in [6, 6.07) is 11.2. The number of nitrogens with one attached hydrogen (secondary N) is 1. The number of carbonyl (C=O) groups is 2. The molecular weight excluding hydrogens is 390 g/mol. The molecule has 2 aromatic carbocycles. The average molecular weight is 416 g/mol. The van der Waals surface area contributed by atoms with Crippen molar-refractivity contribution in [2.24, 2.45) is 0 Å². The highest BCUT2D eigenvalue weighted by molar-refractivity contribution is 6.33. The van der Waals surface area contributed by atoms with Gasteiger partial charge in [-0.3, -0.25) is 9.59 Å². The highest BCUT2D eigenvalue weighted by Crippen LogP contribution is 2.29. The molecule has 0 radical (unpaired) electrons. The average Bonchev–Trinajstić information content (AvgIpc) is 2.69. The van der Waals surface area contributed by atoms with E-state index in [0.717, 1.165) is 29.9 Å². The van der Waals surface area contributed by atoms with Gasteiger partial charge in [-0.25, -0.2) is 0 Å². The van der Waals surface area contributed by atoms with E-state index < -0.39 is 0 Å². The zero-order valence-corrected chi connectivity index (χ0v) is 17.8. The van der Waals surface area contributed by atoms with Crippen LogP contribution in [-0.2, 0) is 9.59 Å². The SMILES string of the molecule is CC(=O)N1CCN(c2ccc(NC(=O)COc3cccc(C)c3C)cc2Cl)CC1. The molecule has 2 aromatic rings. The van der Waals surface area contributed by atoms with Crippen LogP contribution in [-0.4, -0.2) is 49.5 Å². The number of anilines is 2. The summed E-state index contributed by atoms with van der Waals surface area (Å²) in [5.74, 6) is 0.555. The summed E-state index contributed by atoms with van der Waals surface area (Å²) in [6.07, 6.45) is 0. The van der Waals surface area contributed by atoms with Crippen molar-refractivity contribution in [1.29, 1.82) is 0 Å². The Morgan fingerprint density at radius 1 is 1.10 bits per heavy atom. The van der Waals surface area contributed by atoms with Crippen molar-refractivity contribution in [3.8, 4) is 5.75 Å². The van der Waals surface area contributed by atoms with E-state index >= 15 is 0 Å². The lowest BCUT2D eigenvalue weighted by molar-refractivity contribution is -0.129. The van der Waals surface area contributed by atoms with Gasteiger partial charge in [0.25, 0.3) is 5.91 Å². The maximum atomic E-state index is 12.3.